The van der Waals surface area contributed by atoms with Crippen LogP contribution in [-0.4, -0.2) is 68.3 Å². The standard InChI is InChI=1S/C43H76NO8P/c1-5-7-9-11-13-15-17-19-20-21-22-24-25-27-29-31-33-35-42(45)49-39-41(40-51-53(47,48)50-38-37-44(3)4)52-43(46)36-34-32-30-28-26-23-18-16-14-12-10-8-6-2/h13,15-16,18-20,22,24,27,29,41H,5-12,14,17,21,23,25-26,28,30-40H2,1-4H3,(H,47,48)/b15-13-,18-16-,20-19-,24-22-,29-27-. The van der Waals surface area contributed by atoms with Crippen molar-refractivity contribution in [2.24, 2.45) is 0 Å². The van der Waals surface area contributed by atoms with Crippen molar-refractivity contribution >= 4 is 19.8 Å². The number of hydrogen-bond donors (Lipinski definition) is 1. The first-order valence-electron chi connectivity index (χ1n) is 20.6. The maximum absolute atomic E-state index is 12.6. The summed E-state index contributed by atoms with van der Waals surface area (Å²) in [6.45, 7) is 4.18. The second-order valence-corrected chi connectivity index (χ2v) is 15.3. The Hall–Kier alpha value is -2.29. The number of likely N-dealkylation sites (N-methyl/N-ethyl adjacent to an activating group) is 1. The minimum atomic E-state index is -4.37. The molecule has 2 unspecified atom stereocenters. The van der Waals surface area contributed by atoms with E-state index < -0.39 is 32.5 Å². The van der Waals surface area contributed by atoms with Gasteiger partial charge in [-0.05, 0) is 91.1 Å². The summed E-state index contributed by atoms with van der Waals surface area (Å²) in [5.41, 5.74) is 0. The second kappa shape index (κ2) is 38.0. The van der Waals surface area contributed by atoms with Gasteiger partial charge >= 0.3 is 19.8 Å². The normalized spacial score (nSPS) is 14.1. The number of rotatable bonds is 37. The van der Waals surface area contributed by atoms with Crippen LogP contribution in [0.1, 0.15) is 155 Å². The number of carbonyl (C=O) groups excluding carboxylic acids is 2. The zero-order valence-corrected chi connectivity index (χ0v) is 34.8. The van der Waals surface area contributed by atoms with Gasteiger partial charge in [-0.15, -0.1) is 0 Å². The van der Waals surface area contributed by atoms with Crippen molar-refractivity contribution in [3.8, 4) is 0 Å². The predicted molar refractivity (Wildman–Crippen MR) is 220 cm³/mol. The van der Waals surface area contributed by atoms with Crippen molar-refractivity contribution in [2.75, 3.05) is 40.5 Å². The minimum absolute atomic E-state index is 0.00497. The summed E-state index contributed by atoms with van der Waals surface area (Å²) in [4.78, 5) is 36.9. The third-order valence-corrected chi connectivity index (χ3v) is 9.28. The molecular weight excluding hydrogens is 689 g/mol. The Labute approximate surface area is 323 Å². The fraction of sp³-hybridized carbons (Fsp3) is 0.721. The number of nitrogens with zero attached hydrogens (tertiary/aromatic N) is 1. The summed E-state index contributed by atoms with van der Waals surface area (Å²) >= 11 is 0. The van der Waals surface area contributed by atoms with E-state index in [1.807, 2.05) is 14.1 Å². The molecule has 0 radical (unpaired) electrons. The van der Waals surface area contributed by atoms with Crippen LogP contribution >= 0.6 is 7.82 Å². The molecule has 0 aromatic rings. The topological polar surface area (TPSA) is 112 Å². The Morgan fingerprint density at radius 3 is 1.62 bits per heavy atom. The van der Waals surface area contributed by atoms with Crippen LogP contribution in [-0.2, 0) is 32.7 Å². The van der Waals surface area contributed by atoms with Crippen LogP contribution in [0.5, 0.6) is 0 Å². The summed E-state index contributed by atoms with van der Waals surface area (Å²) < 4.78 is 33.3. The fourth-order valence-electron chi connectivity index (χ4n) is 5.08. The highest BCUT2D eigenvalue weighted by atomic mass is 31.2. The molecule has 0 aromatic heterocycles. The number of phosphoric ester groups is 1. The largest absolute Gasteiger partial charge is 0.472 e. The molecule has 53 heavy (non-hydrogen) atoms. The Morgan fingerprint density at radius 1 is 0.585 bits per heavy atom. The van der Waals surface area contributed by atoms with E-state index in [2.05, 4.69) is 74.6 Å². The van der Waals surface area contributed by atoms with Gasteiger partial charge < -0.3 is 19.3 Å². The average molecular weight is 766 g/mol. The third kappa shape index (κ3) is 39.2. The lowest BCUT2D eigenvalue weighted by molar-refractivity contribution is -0.161. The maximum atomic E-state index is 12.6. The van der Waals surface area contributed by atoms with Crippen molar-refractivity contribution < 1.29 is 37.6 Å². The van der Waals surface area contributed by atoms with E-state index in [1.165, 1.54) is 57.8 Å². The van der Waals surface area contributed by atoms with Gasteiger partial charge in [0.15, 0.2) is 6.10 Å². The van der Waals surface area contributed by atoms with Gasteiger partial charge in [0.1, 0.15) is 6.61 Å². The van der Waals surface area contributed by atoms with Gasteiger partial charge in [-0.25, -0.2) is 4.57 Å². The molecule has 9 nitrogen and oxygen atoms in total. The molecule has 0 fully saturated rings. The lowest BCUT2D eigenvalue weighted by Gasteiger charge is -2.20. The number of phosphoric acid groups is 1. The zero-order valence-electron chi connectivity index (χ0n) is 33.9. The van der Waals surface area contributed by atoms with E-state index in [0.717, 1.165) is 57.8 Å². The molecule has 0 aliphatic rings. The Bertz CT molecular complexity index is 1070. The highest BCUT2D eigenvalue weighted by molar-refractivity contribution is 7.47. The quantitative estimate of drug-likeness (QED) is 0.0286. The molecule has 1 N–H and O–H groups in total. The first kappa shape index (κ1) is 50.7. The van der Waals surface area contributed by atoms with Crippen LogP contribution in [0, 0.1) is 0 Å². The van der Waals surface area contributed by atoms with Crippen LogP contribution in [0.2, 0.25) is 0 Å². The predicted octanol–water partition coefficient (Wildman–Crippen LogP) is 11.5. The monoisotopic (exact) mass is 766 g/mol. The molecule has 0 aliphatic carbocycles. The molecule has 0 bridgehead atoms. The van der Waals surface area contributed by atoms with Crippen molar-refractivity contribution in [3.63, 3.8) is 0 Å². The number of ether oxygens (including phenoxy) is 2. The first-order chi connectivity index (χ1) is 25.7. The maximum Gasteiger partial charge on any atom is 0.472 e. The molecule has 0 saturated heterocycles. The van der Waals surface area contributed by atoms with E-state index in [9.17, 15) is 19.0 Å². The minimum Gasteiger partial charge on any atom is -0.462 e. The Kier molecular flexibility index (Phi) is 36.4. The number of carbonyl (C=O) groups is 2. The zero-order chi connectivity index (χ0) is 39.1. The van der Waals surface area contributed by atoms with Crippen LogP contribution in [0.25, 0.3) is 0 Å². The molecule has 0 amide bonds. The van der Waals surface area contributed by atoms with Crippen molar-refractivity contribution in [1.29, 1.82) is 0 Å². The molecule has 0 heterocycles. The second-order valence-electron chi connectivity index (χ2n) is 13.8. The van der Waals surface area contributed by atoms with E-state index in [-0.39, 0.29) is 26.1 Å². The summed E-state index contributed by atoms with van der Waals surface area (Å²) in [6, 6.07) is 0. The van der Waals surface area contributed by atoms with Gasteiger partial charge in [0.05, 0.1) is 13.2 Å². The number of allylic oxidation sites excluding steroid dienone is 10. The van der Waals surface area contributed by atoms with Gasteiger partial charge in [0, 0.05) is 19.4 Å². The fourth-order valence-corrected chi connectivity index (χ4v) is 5.83. The average Bonchev–Trinajstić information content (AvgIpc) is 3.12. The molecular formula is C43H76NO8P. The van der Waals surface area contributed by atoms with Crippen LogP contribution < -0.4 is 0 Å². The third-order valence-electron chi connectivity index (χ3n) is 8.30. The van der Waals surface area contributed by atoms with Crippen molar-refractivity contribution in [1.82, 2.24) is 4.90 Å². The van der Waals surface area contributed by atoms with E-state index in [4.69, 9.17) is 18.5 Å². The highest BCUT2D eigenvalue weighted by Crippen LogP contribution is 2.43. The first-order valence-corrected chi connectivity index (χ1v) is 22.1. The molecule has 0 rings (SSSR count). The number of unbranched alkanes of at least 4 members (excludes halogenated alkanes) is 13. The summed E-state index contributed by atoms with van der Waals surface area (Å²) in [6.07, 6.45) is 42.7. The highest BCUT2D eigenvalue weighted by Gasteiger charge is 2.26. The van der Waals surface area contributed by atoms with Crippen molar-refractivity contribution in [3.05, 3.63) is 60.8 Å². The molecule has 0 spiro atoms. The molecule has 0 aliphatic heterocycles. The summed E-state index contributed by atoms with van der Waals surface area (Å²) in [5, 5.41) is 0. The molecule has 2 atom stereocenters. The van der Waals surface area contributed by atoms with E-state index >= 15 is 0 Å². The van der Waals surface area contributed by atoms with Gasteiger partial charge in [-0.3, -0.25) is 18.6 Å². The smallest absolute Gasteiger partial charge is 0.462 e. The number of esters is 2. The Morgan fingerprint density at radius 2 is 1.04 bits per heavy atom. The van der Waals surface area contributed by atoms with Gasteiger partial charge in [0.25, 0.3) is 0 Å². The molecule has 10 heteroatoms. The molecule has 306 valence electrons. The SMILES string of the molecule is CCCCC/C=C\C/C=C\C/C=C\C/C=C\CCCC(=O)OCC(COP(=O)(O)OCCN(C)C)OC(=O)CCCCCCC/C=C\CCCCCC. The van der Waals surface area contributed by atoms with Crippen LogP contribution in [0.4, 0.5) is 0 Å². The van der Waals surface area contributed by atoms with E-state index in [0.29, 0.717) is 19.4 Å². The van der Waals surface area contributed by atoms with Crippen molar-refractivity contribution in [2.45, 2.75) is 161 Å². The lowest BCUT2D eigenvalue weighted by atomic mass is 10.1. The summed E-state index contributed by atoms with van der Waals surface area (Å²) in [7, 11) is -0.744. The molecule has 0 saturated carbocycles. The summed E-state index contributed by atoms with van der Waals surface area (Å²) in [5.74, 6) is -0.884. The lowest BCUT2D eigenvalue weighted by Crippen LogP contribution is -2.29. The van der Waals surface area contributed by atoms with E-state index in [1.54, 1.807) is 4.90 Å². The number of hydrogen-bond acceptors (Lipinski definition) is 8. The van der Waals surface area contributed by atoms with Gasteiger partial charge in [-0.1, -0.05) is 126 Å². The van der Waals surface area contributed by atoms with Crippen LogP contribution in [0.3, 0.4) is 0 Å². The van der Waals surface area contributed by atoms with Gasteiger partial charge in [-0.2, -0.15) is 0 Å². The van der Waals surface area contributed by atoms with Crippen LogP contribution in [0.15, 0.2) is 60.8 Å². The molecule has 0 aromatic carbocycles. The van der Waals surface area contributed by atoms with Gasteiger partial charge in [0.2, 0.25) is 0 Å². The Balaban J connectivity index is 4.44.